The van der Waals surface area contributed by atoms with Gasteiger partial charge in [0.1, 0.15) is 0 Å². The molecule has 0 heteroatoms. The summed E-state index contributed by atoms with van der Waals surface area (Å²) in [5, 5.41) is 0. The number of rotatable bonds is 6. The van der Waals surface area contributed by atoms with Gasteiger partial charge in [-0.2, -0.15) is 0 Å². The van der Waals surface area contributed by atoms with Crippen molar-refractivity contribution in [3.63, 3.8) is 0 Å². The Labute approximate surface area is 83.7 Å². The largest absolute Gasteiger partial charge is 0.0856 e. The summed E-state index contributed by atoms with van der Waals surface area (Å²) in [6, 6.07) is 0. The summed E-state index contributed by atoms with van der Waals surface area (Å²) >= 11 is 0. The van der Waals surface area contributed by atoms with Crippen LogP contribution in [0.5, 0.6) is 0 Å². The zero-order valence-corrected chi connectivity index (χ0v) is 9.40. The molecule has 0 rings (SSSR count). The lowest BCUT2D eigenvalue weighted by atomic mass is 10.1. The SMILES string of the molecule is [CH2]CCC/C=C(\C)CCC=C(C)C. The van der Waals surface area contributed by atoms with Crippen molar-refractivity contribution in [2.24, 2.45) is 0 Å². The number of allylic oxidation sites excluding steroid dienone is 4. The maximum Gasteiger partial charge on any atom is -0.0288 e. The average Bonchev–Trinajstić information content (AvgIpc) is 2.04. The summed E-state index contributed by atoms with van der Waals surface area (Å²) in [5.74, 6) is 0. The Hall–Kier alpha value is -0.520. The fourth-order valence-electron chi connectivity index (χ4n) is 1.18. The molecule has 0 bridgehead atoms. The molecular weight excluding hydrogens is 156 g/mol. The van der Waals surface area contributed by atoms with E-state index in [9.17, 15) is 0 Å². The van der Waals surface area contributed by atoms with Crippen LogP contribution in [-0.2, 0) is 0 Å². The van der Waals surface area contributed by atoms with Crippen LogP contribution in [0.2, 0.25) is 0 Å². The molecule has 0 aliphatic heterocycles. The van der Waals surface area contributed by atoms with Crippen molar-refractivity contribution >= 4 is 0 Å². The molecule has 0 nitrogen and oxygen atoms in total. The first-order valence-electron chi connectivity index (χ1n) is 5.25. The second-order valence-electron chi connectivity index (χ2n) is 3.87. The van der Waals surface area contributed by atoms with Gasteiger partial charge in [0.25, 0.3) is 0 Å². The number of hydrogen-bond acceptors (Lipinski definition) is 0. The number of hydrogen-bond donors (Lipinski definition) is 0. The Balaban J connectivity index is 3.55. The molecule has 0 amide bonds. The average molecular weight is 179 g/mol. The van der Waals surface area contributed by atoms with Crippen molar-refractivity contribution in [3.05, 3.63) is 30.2 Å². The summed E-state index contributed by atoms with van der Waals surface area (Å²) in [5.41, 5.74) is 2.94. The summed E-state index contributed by atoms with van der Waals surface area (Å²) < 4.78 is 0. The Morgan fingerprint density at radius 3 is 2.31 bits per heavy atom. The molecule has 75 valence electrons. The Morgan fingerprint density at radius 2 is 1.77 bits per heavy atom. The minimum Gasteiger partial charge on any atom is -0.0856 e. The van der Waals surface area contributed by atoms with Crippen LogP contribution < -0.4 is 0 Å². The van der Waals surface area contributed by atoms with E-state index in [1.807, 2.05) is 0 Å². The van der Waals surface area contributed by atoms with Gasteiger partial charge in [0, 0.05) is 0 Å². The molecule has 0 atom stereocenters. The third kappa shape index (κ3) is 9.39. The third-order valence-electron chi connectivity index (χ3n) is 2.04. The smallest absolute Gasteiger partial charge is 0.0288 e. The molecule has 0 aromatic heterocycles. The highest BCUT2D eigenvalue weighted by Crippen LogP contribution is 2.08. The lowest BCUT2D eigenvalue weighted by Gasteiger charge is -1.98. The van der Waals surface area contributed by atoms with E-state index in [1.165, 1.54) is 36.8 Å². The molecule has 1 radical (unpaired) electrons. The van der Waals surface area contributed by atoms with E-state index in [1.54, 1.807) is 0 Å². The Morgan fingerprint density at radius 1 is 1.08 bits per heavy atom. The predicted octanol–water partition coefficient (Wildman–Crippen LogP) is 4.68. The van der Waals surface area contributed by atoms with E-state index in [4.69, 9.17) is 0 Å². The van der Waals surface area contributed by atoms with E-state index in [0.29, 0.717) is 0 Å². The van der Waals surface area contributed by atoms with Crippen LogP contribution in [0, 0.1) is 6.92 Å². The van der Waals surface area contributed by atoms with Gasteiger partial charge in [-0.1, -0.05) is 36.6 Å². The summed E-state index contributed by atoms with van der Waals surface area (Å²) in [4.78, 5) is 0. The zero-order chi connectivity index (χ0) is 10.1. The van der Waals surface area contributed by atoms with Crippen molar-refractivity contribution in [2.75, 3.05) is 0 Å². The third-order valence-corrected chi connectivity index (χ3v) is 2.04. The molecule has 0 aliphatic rings. The first kappa shape index (κ1) is 12.5. The van der Waals surface area contributed by atoms with Gasteiger partial charge in [0.2, 0.25) is 0 Å². The van der Waals surface area contributed by atoms with Gasteiger partial charge in [-0.25, -0.2) is 0 Å². The highest BCUT2D eigenvalue weighted by atomic mass is 13.9. The predicted molar refractivity (Wildman–Crippen MR) is 61.6 cm³/mol. The van der Waals surface area contributed by atoms with Crippen molar-refractivity contribution in [1.82, 2.24) is 0 Å². The molecule has 0 aromatic carbocycles. The zero-order valence-electron chi connectivity index (χ0n) is 9.40. The molecule has 0 aliphatic carbocycles. The molecule has 0 aromatic rings. The van der Waals surface area contributed by atoms with Crippen LogP contribution in [0.15, 0.2) is 23.3 Å². The Bertz CT molecular complexity index is 168. The Kier molecular flexibility index (Phi) is 7.77. The molecule has 0 spiro atoms. The quantitative estimate of drug-likeness (QED) is 0.410. The van der Waals surface area contributed by atoms with Gasteiger partial charge in [-0.15, -0.1) is 0 Å². The summed E-state index contributed by atoms with van der Waals surface area (Å²) in [6.07, 6.45) is 10.5. The van der Waals surface area contributed by atoms with E-state index in [0.717, 1.165) is 6.42 Å². The molecular formula is C13H23. The molecule has 0 saturated heterocycles. The van der Waals surface area contributed by atoms with Gasteiger partial charge < -0.3 is 0 Å². The van der Waals surface area contributed by atoms with E-state index < -0.39 is 0 Å². The number of unbranched alkanes of at least 4 members (excludes halogenated alkanes) is 2. The van der Waals surface area contributed by atoms with Crippen molar-refractivity contribution in [2.45, 2.75) is 52.9 Å². The first-order valence-corrected chi connectivity index (χ1v) is 5.25. The van der Waals surface area contributed by atoms with Crippen LogP contribution in [0.4, 0.5) is 0 Å². The van der Waals surface area contributed by atoms with E-state index in [2.05, 4.69) is 39.8 Å². The molecule has 0 fully saturated rings. The highest BCUT2D eigenvalue weighted by molar-refractivity contribution is 5.01. The van der Waals surface area contributed by atoms with Gasteiger partial charge in [0.05, 0.1) is 0 Å². The maximum absolute atomic E-state index is 3.83. The molecule has 0 N–H and O–H groups in total. The summed E-state index contributed by atoms with van der Waals surface area (Å²) in [7, 11) is 0. The summed E-state index contributed by atoms with van der Waals surface area (Å²) in [6.45, 7) is 10.4. The van der Waals surface area contributed by atoms with Crippen molar-refractivity contribution in [1.29, 1.82) is 0 Å². The maximum atomic E-state index is 3.83. The second-order valence-corrected chi connectivity index (χ2v) is 3.87. The standard InChI is InChI=1S/C13H23/c1-5-6-7-10-13(4)11-8-9-12(2)3/h9-10H,1,5-8,11H2,2-4H3/b13-10+. The van der Waals surface area contributed by atoms with Crippen LogP contribution in [0.1, 0.15) is 52.9 Å². The monoisotopic (exact) mass is 179 g/mol. The fraction of sp³-hybridized carbons (Fsp3) is 0.615. The fourth-order valence-corrected chi connectivity index (χ4v) is 1.18. The lowest BCUT2D eigenvalue weighted by molar-refractivity contribution is 0.848. The first-order chi connectivity index (χ1) is 6.16. The minimum absolute atomic E-state index is 1.05. The molecule has 0 saturated carbocycles. The van der Waals surface area contributed by atoms with Crippen LogP contribution in [-0.4, -0.2) is 0 Å². The second kappa shape index (κ2) is 8.10. The van der Waals surface area contributed by atoms with Crippen LogP contribution >= 0.6 is 0 Å². The van der Waals surface area contributed by atoms with E-state index >= 15 is 0 Å². The normalized spacial score (nSPS) is 11.5. The molecule has 0 heterocycles. The van der Waals surface area contributed by atoms with E-state index in [-0.39, 0.29) is 0 Å². The van der Waals surface area contributed by atoms with Gasteiger partial charge >= 0.3 is 0 Å². The minimum atomic E-state index is 1.05. The molecule has 13 heavy (non-hydrogen) atoms. The lowest BCUT2D eigenvalue weighted by Crippen LogP contribution is -1.78. The topological polar surface area (TPSA) is 0 Å². The van der Waals surface area contributed by atoms with Gasteiger partial charge in [-0.3, -0.25) is 0 Å². The van der Waals surface area contributed by atoms with Crippen molar-refractivity contribution < 1.29 is 0 Å². The van der Waals surface area contributed by atoms with Crippen molar-refractivity contribution in [3.8, 4) is 0 Å². The van der Waals surface area contributed by atoms with Gasteiger partial charge in [0.15, 0.2) is 0 Å². The van der Waals surface area contributed by atoms with Gasteiger partial charge in [-0.05, 0) is 46.5 Å². The van der Waals surface area contributed by atoms with Crippen LogP contribution in [0.25, 0.3) is 0 Å². The van der Waals surface area contributed by atoms with Crippen LogP contribution in [0.3, 0.4) is 0 Å². The highest BCUT2D eigenvalue weighted by Gasteiger charge is 1.88. The molecule has 0 unspecified atom stereocenters.